The minimum Gasteiger partial charge on any atom is -0.324 e. The van der Waals surface area contributed by atoms with Crippen LogP contribution in [0, 0.1) is 19.8 Å². The Hall–Kier alpha value is -2.13. The highest BCUT2D eigenvalue weighted by molar-refractivity contribution is 5.80. The van der Waals surface area contributed by atoms with E-state index >= 15 is 0 Å². The first-order valence-electron chi connectivity index (χ1n) is 8.96. The van der Waals surface area contributed by atoms with E-state index in [0.717, 1.165) is 31.0 Å². The molecule has 4 rings (SSSR count). The van der Waals surface area contributed by atoms with Crippen LogP contribution in [0.15, 0.2) is 42.5 Å². The van der Waals surface area contributed by atoms with E-state index in [1.807, 2.05) is 0 Å². The predicted molar refractivity (Wildman–Crippen MR) is 100 cm³/mol. The number of hydrogen-bond donors (Lipinski definition) is 1. The van der Waals surface area contributed by atoms with Crippen LogP contribution in [-0.2, 0) is 6.54 Å². The molecule has 24 heavy (non-hydrogen) atoms. The van der Waals surface area contributed by atoms with Crippen LogP contribution < -0.4 is 5.32 Å². The van der Waals surface area contributed by atoms with Crippen LogP contribution in [0.3, 0.4) is 0 Å². The Bertz CT molecular complexity index is 857. The number of para-hydroxylation sites is 2. The zero-order chi connectivity index (χ0) is 16.5. The maximum absolute atomic E-state index is 4.96. The molecule has 0 aliphatic carbocycles. The number of hydrogen-bond acceptors (Lipinski definition) is 2. The number of piperidine rings is 1. The maximum atomic E-state index is 4.96. The molecular formula is C21H25N3. The van der Waals surface area contributed by atoms with Gasteiger partial charge in [0, 0.05) is 12.1 Å². The van der Waals surface area contributed by atoms with Gasteiger partial charge in [0.25, 0.3) is 0 Å². The van der Waals surface area contributed by atoms with Crippen LogP contribution >= 0.6 is 0 Å². The lowest BCUT2D eigenvalue weighted by molar-refractivity contribution is 0.341. The molecule has 0 bridgehead atoms. The second-order valence-corrected chi connectivity index (χ2v) is 7.05. The Morgan fingerprint density at radius 1 is 1.12 bits per heavy atom. The van der Waals surface area contributed by atoms with Crippen LogP contribution in [0.4, 0.5) is 0 Å². The van der Waals surface area contributed by atoms with Crippen molar-refractivity contribution in [1.82, 2.24) is 14.9 Å². The van der Waals surface area contributed by atoms with E-state index in [0.29, 0.717) is 5.92 Å². The number of aromatic nitrogens is 2. The molecule has 1 N–H and O–H groups in total. The minimum atomic E-state index is 0.682. The molecule has 3 nitrogen and oxygen atoms in total. The highest BCUT2D eigenvalue weighted by atomic mass is 15.1. The molecule has 0 amide bonds. The number of fused-ring (bicyclic) bond motifs is 1. The SMILES string of the molecule is Cc1ccc(-c2nc3ccccc3n2CC2CCCNC2)cc1C. The Morgan fingerprint density at radius 3 is 2.79 bits per heavy atom. The third-order valence-electron chi connectivity index (χ3n) is 5.26. The van der Waals surface area contributed by atoms with Gasteiger partial charge in [-0.15, -0.1) is 0 Å². The summed E-state index contributed by atoms with van der Waals surface area (Å²) in [5, 5.41) is 3.54. The van der Waals surface area contributed by atoms with E-state index in [9.17, 15) is 0 Å². The highest BCUT2D eigenvalue weighted by Gasteiger charge is 2.18. The molecule has 3 heteroatoms. The lowest BCUT2D eigenvalue weighted by atomic mass is 9.99. The second kappa shape index (κ2) is 6.40. The van der Waals surface area contributed by atoms with E-state index in [2.05, 4.69) is 66.2 Å². The van der Waals surface area contributed by atoms with Gasteiger partial charge in [0.15, 0.2) is 0 Å². The molecule has 0 spiro atoms. The van der Waals surface area contributed by atoms with Gasteiger partial charge in [-0.2, -0.15) is 0 Å². The molecular weight excluding hydrogens is 294 g/mol. The van der Waals surface area contributed by atoms with Gasteiger partial charge in [0.1, 0.15) is 5.82 Å². The average molecular weight is 319 g/mol. The van der Waals surface area contributed by atoms with Gasteiger partial charge in [-0.05, 0) is 75.0 Å². The Balaban J connectivity index is 1.81. The molecule has 2 aromatic carbocycles. The van der Waals surface area contributed by atoms with Gasteiger partial charge >= 0.3 is 0 Å². The van der Waals surface area contributed by atoms with Crippen LogP contribution in [0.1, 0.15) is 24.0 Å². The van der Waals surface area contributed by atoms with Crippen molar-refractivity contribution in [2.75, 3.05) is 13.1 Å². The Labute approximate surface area is 143 Å². The fraction of sp³-hybridized carbons (Fsp3) is 0.381. The van der Waals surface area contributed by atoms with Crippen LogP contribution in [0.2, 0.25) is 0 Å². The van der Waals surface area contributed by atoms with Crippen LogP contribution in [0.5, 0.6) is 0 Å². The molecule has 2 heterocycles. The van der Waals surface area contributed by atoms with Gasteiger partial charge < -0.3 is 9.88 Å². The van der Waals surface area contributed by atoms with Crippen molar-refractivity contribution >= 4 is 11.0 Å². The summed E-state index contributed by atoms with van der Waals surface area (Å²) in [6, 6.07) is 15.2. The summed E-state index contributed by atoms with van der Waals surface area (Å²) in [6.45, 7) is 7.65. The summed E-state index contributed by atoms with van der Waals surface area (Å²) in [5.74, 6) is 1.78. The lowest BCUT2D eigenvalue weighted by Crippen LogP contribution is -2.32. The Morgan fingerprint density at radius 2 is 2.00 bits per heavy atom. The molecule has 1 aromatic heterocycles. The normalized spacial score (nSPS) is 18.2. The molecule has 1 saturated heterocycles. The zero-order valence-corrected chi connectivity index (χ0v) is 14.5. The number of rotatable bonds is 3. The lowest BCUT2D eigenvalue weighted by Gasteiger charge is -2.24. The molecule has 0 saturated carbocycles. The number of aryl methyl sites for hydroxylation is 2. The van der Waals surface area contributed by atoms with Crippen molar-refractivity contribution in [3.05, 3.63) is 53.6 Å². The molecule has 1 fully saturated rings. The fourth-order valence-electron chi connectivity index (χ4n) is 3.70. The van der Waals surface area contributed by atoms with Crippen molar-refractivity contribution in [3.63, 3.8) is 0 Å². The summed E-state index contributed by atoms with van der Waals surface area (Å²) in [6.07, 6.45) is 2.57. The van der Waals surface area contributed by atoms with E-state index in [1.54, 1.807) is 0 Å². The molecule has 1 aliphatic rings. The third-order valence-corrected chi connectivity index (χ3v) is 5.26. The predicted octanol–water partition coefficient (Wildman–Crippen LogP) is 4.32. The highest BCUT2D eigenvalue weighted by Crippen LogP contribution is 2.28. The van der Waals surface area contributed by atoms with Gasteiger partial charge in [-0.3, -0.25) is 0 Å². The smallest absolute Gasteiger partial charge is 0.141 e. The first kappa shape index (κ1) is 15.4. The Kier molecular flexibility index (Phi) is 4.11. The quantitative estimate of drug-likeness (QED) is 0.779. The summed E-state index contributed by atoms with van der Waals surface area (Å²) >= 11 is 0. The number of imidazole rings is 1. The topological polar surface area (TPSA) is 29.9 Å². The van der Waals surface area contributed by atoms with Gasteiger partial charge in [-0.1, -0.05) is 24.3 Å². The van der Waals surface area contributed by atoms with E-state index in [-0.39, 0.29) is 0 Å². The molecule has 0 radical (unpaired) electrons. The van der Waals surface area contributed by atoms with Crippen molar-refractivity contribution in [2.24, 2.45) is 5.92 Å². The van der Waals surface area contributed by atoms with Crippen LogP contribution in [0.25, 0.3) is 22.4 Å². The first-order chi connectivity index (χ1) is 11.7. The second-order valence-electron chi connectivity index (χ2n) is 7.05. The standard InChI is InChI=1S/C21H25N3/c1-15-9-10-18(12-16(15)2)21-23-19-7-3-4-8-20(19)24(21)14-17-6-5-11-22-13-17/h3-4,7-10,12,17,22H,5-6,11,13-14H2,1-2H3. The minimum absolute atomic E-state index is 0.682. The van der Waals surface area contributed by atoms with E-state index in [4.69, 9.17) is 4.98 Å². The van der Waals surface area contributed by atoms with Crippen molar-refractivity contribution in [2.45, 2.75) is 33.2 Å². The maximum Gasteiger partial charge on any atom is 0.141 e. The average Bonchev–Trinajstić information content (AvgIpc) is 2.97. The summed E-state index contributed by atoms with van der Waals surface area (Å²) in [7, 11) is 0. The third kappa shape index (κ3) is 2.84. The van der Waals surface area contributed by atoms with Gasteiger partial charge in [0.05, 0.1) is 11.0 Å². The summed E-state index contributed by atoms with van der Waals surface area (Å²) in [4.78, 5) is 4.96. The van der Waals surface area contributed by atoms with E-state index in [1.165, 1.54) is 35.0 Å². The number of nitrogens with one attached hydrogen (secondary N) is 1. The van der Waals surface area contributed by atoms with Crippen molar-refractivity contribution in [1.29, 1.82) is 0 Å². The zero-order valence-electron chi connectivity index (χ0n) is 14.5. The first-order valence-corrected chi connectivity index (χ1v) is 8.96. The molecule has 124 valence electrons. The van der Waals surface area contributed by atoms with Gasteiger partial charge in [0.2, 0.25) is 0 Å². The molecule has 1 atom stereocenters. The molecule has 1 unspecified atom stereocenters. The number of nitrogens with zero attached hydrogens (tertiary/aromatic N) is 2. The summed E-state index contributed by atoms with van der Waals surface area (Å²) in [5.41, 5.74) is 6.21. The van der Waals surface area contributed by atoms with Crippen LogP contribution in [-0.4, -0.2) is 22.6 Å². The largest absolute Gasteiger partial charge is 0.324 e. The van der Waals surface area contributed by atoms with Crippen molar-refractivity contribution < 1.29 is 0 Å². The monoisotopic (exact) mass is 319 g/mol. The summed E-state index contributed by atoms with van der Waals surface area (Å²) < 4.78 is 2.43. The molecule has 3 aromatic rings. The van der Waals surface area contributed by atoms with E-state index < -0.39 is 0 Å². The molecule has 1 aliphatic heterocycles. The number of benzene rings is 2. The van der Waals surface area contributed by atoms with Crippen molar-refractivity contribution in [3.8, 4) is 11.4 Å². The van der Waals surface area contributed by atoms with Gasteiger partial charge in [-0.25, -0.2) is 4.98 Å². The fourth-order valence-corrected chi connectivity index (χ4v) is 3.70.